The first-order valence-electron chi connectivity index (χ1n) is 16.9. The van der Waals surface area contributed by atoms with E-state index in [1.54, 1.807) is 19.4 Å². The minimum absolute atomic E-state index is 0.0601. The van der Waals surface area contributed by atoms with Crippen LogP contribution in [0.5, 0.6) is 0 Å². The van der Waals surface area contributed by atoms with E-state index in [1.807, 2.05) is 23.2 Å². The molecular weight excluding hydrogens is 686 g/mol. The van der Waals surface area contributed by atoms with Crippen LogP contribution in [-0.4, -0.2) is 81.6 Å². The summed E-state index contributed by atoms with van der Waals surface area (Å²) < 4.78 is 1.79. The van der Waals surface area contributed by atoms with Gasteiger partial charge in [0.25, 0.3) is 11.5 Å². The van der Waals surface area contributed by atoms with Crippen LogP contribution < -0.4 is 16.2 Å². The molecule has 2 N–H and O–H groups in total. The van der Waals surface area contributed by atoms with Crippen LogP contribution in [0.1, 0.15) is 76.9 Å². The van der Waals surface area contributed by atoms with Crippen molar-refractivity contribution in [2.24, 2.45) is 7.05 Å². The maximum absolute atomic E-state index is 13.5. The number of likely N-dealkylation sites (N-methyl/N-ethyl adjacent to an activating group) is 1. The van der Waals surface area contributed by atoms with Crippen molar-refractivity contribution in [1.82, 2.24) is 29.9 Å². The van der Waals surface area contributed by atoms with Crippen LogP contribution in [0, 0.1) is 0 Å². The molecule has 12 heteroatoms. The Morgan fingerprint density at radius 3 is 2.43 bits per heavy atom. The molecule has 3 aliphatic heterocycles. The molecule has 0 saturated carbocycles. The van der Waals surface area contributed by atoms with Crippen molar-refractivity contribution in [3.05, 3.63) is 98.1 Å². The topological polar surface area (TPSA) is 130 Å². The number of nitrogens with one attached hydrogen (secondary N) is 2. The third-order valence-corrected chi connectivity index (χ3v) is 11.1. The van der Waals surface area contributed by atoms with E-state index >= 15 is 0 Å². The minimum atomic E-state index is -0.376. The van der Waals surface area contributed by atoms with E-state index in [9.17, 15) is 19.2 Å². The zero-order valence-corrected chi connectivity index (χ0v) is 29.3. The monoisotopic (exact) mass is 725 g/mol. The summed E-state index contributed by atoms with van der Waals surface area (Å²) in [5.41, 5.74) is 4.50. The summed E-state index contributed by atoms with van der Waals surface area (Å²) in [7, 11) is 3.74. The summed E-state index contributed by atoms with van der Waals surface area (Å²) in [5, 5.41) is 12.1. The molecule has 0 radical (unpaired) electrons. The predicted molar refractivity (Wildman–Crippen MR) is 191 cm³/mol. The molecule has 3 amide bonds. The van der Waals surface area contributed by atoms with Crippen LogP contribution in [0.25, 0.3) is 10.8 Å². The first kappa shape index (κ1) is 33.1. The van der Waals surface area contributed by atoms with E-state index < -0.39 is 0 Å². The summed E-state index contributed by atoms with van der Waals surface area (Å²) in [6.07, 6.45) is 8.73. The fraction of sp³-hybridized carbons (Fsp3) is 0.405. The summed E-state index contributed by atoms with van der Waals surface area (Å²) in [5.74, 6) is -0.180. The zero-order chi connectivity index (χ0) is 34.2. The number of piperidine rings is 3. The van der Waals surface area contributed by atoms with Crippen molar-refractivity contribution in [2.75, 3.05) is 38.5 Å². The van der Waals surface area contributed by atoms with Gasteiger partial charge < -0.3 is 15.1 Å². The van der Waals surface area contributed by atoms with Crippen LogP contribution >= 0.6 is 15.9 Å². The number of aromatic nitrogens is 3. The van der Waals surface area contributed by atoms with Gasteiger partial charge in [-0.2, -0.15) is 5.10 Å². The lowest BCUT2D eigenvalue weighted by Gasteiger charge is -2.37. The molecule has 3 fully saturated rings. The Bertz CT molecular complexity index is 1970. The number of amides is 3. The molecular formula is C37H40BrN7O4. The Kier molecular flexibility index (Phi) is 9.34. The highest BCUT2D eigenvalue weighted by atomic mass is 79.9. The van der Waals surface area contributed by atoms with E-state index in [2.05, 4.69) is 78.9 Å². The molecule has 49 heavy (non-hydrogen) atoms. The highest BCUT2D eigenvalue weighted by Crippen LogP contribution is 2.35. The number of carbonyl (C=O) groups is 3. The SMILES string of the molecule is CN1C[C@H](Nc2cnn(C)c(=O)c2Br)C[C@H](c2ccc(C(=O)N3CCC(c4ccc5c(C6CCC(=O)NC6=O)cncc5c4)CC3)cc2)C1. The molecule has 0 spiro atoms. The van der Waals surface area contributed by atoms with Crippen LogP contribution in [-0.2, 0) is 16.6 Å². The lowest BCUT2D eigenvalue weighted by atomic mass is 9.85. The maximum Gasteiger partial charge on any atom is 0.282 e. The molecule has 2 aromatic heterocycles. The average molecular weight is 727 g/mol. The van der Waals surface area contributed by atoms with E-state index in [4.69, 9.17) is 0 Å². The number of hydrogen-bond donors (Lipinski definition) is 2. The quantitative estimate of drug-likeness (QED) is 0.278. The smallest absolute Gasteiger partial charge is 0.282 e. The number of rotatable bonds is 6. The number of aryl methyl sites for hydroxylation is 1. The average Bonchev–Trinajstić information content (AvgIpc) is 3.11. The van der Waals surface area contributed by atoms with Crippen molar-refractivity contribution >= 4 is 50.1 Å². The Balaban J connectivity index is 0.969. The zero-order valence-electron chi connectivity index (χ0n) is 27.7. The normalized spacial score (nSPS) is 22.3. The van der Waals surface area contributed by atoms with Crippen LogP contribution in [0.15, 0.2) is 70.3 Å². The van der Waals surface area contributed by atoms with E-state index in [1.165, 1.54) is 15.8 Å². The van der Waals surface area contributed by atoms with Gasteiger partial charge in [-0.15, -0.1) is 0 Å². The molecule has 0 bridgehead atoms. The molecule has 2 aromatic carbocycles. The number of nitrogens with zero attached hydrogens (tertiary/aromatic N) is 5. The summed E-state index contributed by atoms with van der Waals surface area (Å²) in [4.78, 5) is 58.7. The molecule has 3 aliphatic rings. The van der Waals surface area contributed by atoms with Gasteiger partial charge in [0.15, 0.2) is 0 Å². The predicted octanol–water partition coefficient (Wildman–Crippen LogP) is 4.53. The summed E-state index contributed by atoms with van der Waals surface area (Å²) >= 11 is 3.42. The third kappa shape index (κ3) is 6.89. The van der Waals surface area contributed by atoms with Gasteiger partial charge in [0.2, 0.25) is 11.8 Å². The molecule has 7 rings (SSSR count). The standard InChI is InChI=1S/C37H40BrN7O4/c1-43-20-27(16-28(21-43)41-32-19-40-44(2)37(49)34(32)38)22-3-5-24(6-4-22)36(48)45-13-11-23(12-14-45)25-7-8-29-26(15-25)17-39-18-31(29)30-9-10-33(46)42-35(30)47/h3-8,15,17-19,23,27-28,30,41H,9-14,16,20-21H2,1-2H3,(H,42,46,47)/t27-,28+,30?/m0/s1. The molecule has 254 valence electrons. The number of halogens is 1. The number of benzene rings is 2. The number of fused-ring (bicyclic) bond motifs is 1. The van der Waals surface area contributed by atoms with Gasteiger partial charge in [-0.25, -0.2) is 4.68 Å². The first-order chi connectivity index (χ1) is 23.6. The molecule has 3 atom stereocenters. The number of likely N-dealkylation sites (tertiary alicyclic amines) is 2. The van der Waals surface area contributed by atoms with Crippen LogP contribution in [0.2, 0.25) is 0 Å². The molecule has 11 nitrogen and oxygen atoms in total. The second-order valence-corrected chi connectivity index (χ2v) is 14.5. The molecule has 1 unspecified atom stereocenters. The number of hydrogen-bond acceptors (Lipinski definition) is 8. The highest BCUT2D eigenvalue weighted by Gasteiger charge is 2.31. The number of anilines is 1. The third-order valence-electron chi connectivity index (χ3n) is 10.4. The highest BCUT2D eigenvalue weighted by molar-refractivity contribution is 9.10. The van der Waals surface area contributed by atoms with Crippen LogP contribution in [0.3, 0.4) is 0 Å². The Hall–Kier alpha value is -4.42. The van der Waals surface area contributed by atoms with Crippen molar-refractivity contribution < 1.29 is 14.4 Å². The van der Waals surface area contributed by atoms with Gasteiger partial charge in [0, 0.05) is 69.0 Å². The molecule has 3 saturated heterocycles. The van der Waals surface area contributed by atoms with Gasteiger partial charge in [0.1, 0.15) is 4.47 Å². The summed E-state index contributed by atoms with van der Waals surface area (Å²) in [6.45, 7) is 3.14. The van der Waals surface area contributed by atoms with E-state index in [-0.39, 0.29) is 41.2 Å². The lowest BCUT2D eigenvalue weighted by Crippen LogP contribution is -2.43. The van der Waals surface area contributed by atoms with Crippen molar-refractivity contribution in [3.63, 3.8) is 0 Å². The molecule has 0 aliphatic carbocycles. The van der Waals surface area contributed by atoms with Gasteiger partial charge in [-0.1, -0.05) is 24.3 Å². The Labute approximate surface area is 293 Å². The molecule has 5 heterocycles. The van der Waals surface area contributed by atoms with Crippen LogP contribution in [0.4, 0.5) is 5.69 Å². The van der Waals surface area contributed by atoms with Gasteiger partial charge in [-0.05, 0) is 101 Å². The summed E-state index contributed by atoms with van der Waals surface area (Å²) in [6, 6.07) is 14.6. The fourth-order valence-corrected chi connectivity index (χ4v) is 8.21. The minimum Gasteiger partial charge on any atom is -0.379 e. The Morgan fingerprint density at radius 2 is 1.67 bits per heavy atom. The second-order valence-electron chi connectivity index (χ2n) is 13.7. The maximum atomic E-state index is 13.5. The van der Waals surface area contributed by atoms with Crippen molar-refractivity contribution in [1.29, 1.82) is 0 Å². The second kappa shape index (κ2) is 13.8. The lowest BCUT2D eigenvalue weighted by molar-refractivity contribution is -0.134. The number of imide groups is 1. The Morgan fingerprint density at radius 1 is 0.918 bits per heavy atom. The van der Waals surface area contributed by atoms with Crippen molar-refractivity contribution in [3.8, 4) is 0 Å². The number of carbonyl (C=O) groups excluding carboxylic acids is 3. The number of pyridine rings is 1. The van der Waals surface area contributed by atoms with Gasteiger partial charge >= 0.3 is 0 Å². The fourth-order valence-electron chi connectivity index (χ4n) is 7.73. The van der Waals surface area contributed by atoms with Crippen molar-refractivity contribution in [2.45, 2.75) is 55.9 Å². The van der Waals surface area contributed by atoms with Gasteiger partial charge in [0.05, 0.1) is 17.8 Å². The molecule has 4 aromatic rings. The van der Waals surface area contributed by atoms with E-state index in [0.29, 0.717) is 47.6 Å². The first-order valence-corrected chi connectivity index (χ1v) is 17.7. The van der Waals surface area contributed by atoms with E-state index in [0.717, 1.165) is 48.7 Å². The largest absolute Gasteiger partial charge is 0.379 e. The van der Waals surface area contributed by atoms with Gasteiger partial charge in [-0.3, -0.25) is 29.5 Å².